The van der Waals surface area contributed by atoms with Gasteiger partial charge in [-0.15, -0.1) is 0 Å². The standard InChI is InChI=1S/C15H16ClIN2O/c1-2-18-9-6-10(7-9)20-15-13(17)8-12(16)11-4-3-5-19-14(11)15/h3-5,8-10,18H,2,6-7H2,1H3. The van der Waals surface area contributed by atoms with E-state index in [0.717, 1.165) is 44.6 Å². The summed E-state index contributed by atoms with van der Waals surface area (Å²) in [5.41, 5.74) is 0.858. The summed E-state index contributed by atoms with van der Waals surface area (Å²) < 4.78 is 7.18. The fraction of sp³-hybridized carbons (Fsp3) is 0.400. The molecule has 0 aliphatic heterocycles. The number of hydrogen-bond donors (Lipinski definition) is 1. The van der Waals surface area contributed by atoms with E-state index in [0.29, 0.717) is 6.04 Å². The van der Waals surface area contributed by atoms with E-state index in [9.17, 15) is 0 Å². The number of nitrogens with one attached hydrogen (secondary N) is 1. The van der Waals surface area contributed by atoms with Crippen LogP contribution >= 0.6 is 34.2 Å². The molecule has 1 N–H and O–H groups in total. The number of pyridine rings is 1. The van der Waals surface area contributed by atoms with Crippen LogP contribution in [-0.4, -0.2) is 23.7 Å². The molecule has 0 spiro atoms. The zero-order chi connectivity index (χ0) is 14.1. The summed E-state index contributed by atoms with van der Waals surface area (Å²) in [6.45, 7) is 3.15. The second kappa shape index (κ2) is 6.03. The summed E-state index contributed by atoms with van der Waals surface area (Å²) in [4.78, 5) is 4.44. The third-order valence-corrected chi connectivity index (χ3v) is 4.74. The first-order valence-corrected chi connectivity index (χ1v) is 8.27. The van der Waals surface area contributed by atoms with Crippen molar-refractivity contribution in [3.63, 3.8) is 0 Å². The van der Waals surface area contributed by atoms with Crippen molar-refractivity contribution in [2.75, 3.05) is 6.54 Å². The van der Waals surface area contributed by atoms with Crippen molar-refractivity contribution < 1.29 is 4.74 Å². The van der Waals surface area contributed by atoms with Crippen LogP contribution in [0.15, 0.2) is 24.4 Å². The van der Waals surface area contributed by atoms with Gasteiger partial charge >= 0.3 is 0 Å². The predicted octanol–water partition coefficient (Wildman–Crippen LogP) is 4.01. The Kier molecular flexibility index (Phi) is 4.33. The highest BCUT2D eigenvalue weighted by molar-refractivity contribution is 14.1. The van der Waals surface area contributed by atoms with Crippen molar-refractivity contribution in [2.24, 2.45) is 0 Å². The van der Waals surface area contributed by atoms with Crippen LogP contribution in [0.3, 0.4) is 0 Å². The zero-order valence-corrected chi connectivity index (χ0v) is 14.1. The van der Waals surface area contributed by atoms with E-state index in [4.69, 9.17) is 16.3 Å². The Balaban J connectivity index is 1.85. The van der Waals surface area contributed by atoms with Crippen LogP contribution in [0.4, 0.5) is 0 Å². The fourth-order valence-corrected chi connectivity index (χ4v) is 3.68. The highest BCUT2D eigenvalue weighted by Gasteiger charge is 2.31. The van der Waals surface area contributed by atoms with E-state index in [1.54, 1.807) is 6.20 Å². The van der Waals surface area contributed by atoms with E-state index in [1.807, 2.05) is 18.2 Å². The molecule has 0 unspecified atom stereocenters. The molecule has 20 heavy (non-hydrogen) atoms. The molecular formula is C15H16ClIN2O. The molecule has 1 saturated carbocycles. The van der Waals surface area contributed by atoms with Crippen LogP contribution in [0.1, 0.15) is 19.8 Å². The lowest BCUT2D eigenvalue weighted by atomic mass is 9.89. The second-order valence-electron chi connectivity index (χ2n) is 5.03. The summed E-state index contributed by atoms with van der Waals surface area (Å²) in [5.74, 6) is 0.866. The molecule has 0 saturated heterocycles. The predicted molar refractivity (Wildman–Crippen MR) is 90.6 cm³/mol. The lowest BCUT2D eigenvalue weighted by molar-refractivity contribution is 0.0864. The number of nitrogens with zero attached hydrogens (tertiary/aromatic N) is 1. The van der Waals surface area contributed by atoms with Crippen LogP contribution in [0, 0.1) is 3.57 Å². The molecule has 0 radical (unpaired) electrons. The summed E-state index contributed by atoms with van der Waals surface area (Å²) in [7, 11) is 0. The molecule has 1 fully saturated rings. The largest absolute Gasteiger partial charge is 0.487 e. The van der Waals surface area contributed by atoms with Gasteiger partial charge in [0.15, 0.2) is 5.75 Å². The third kappa shape index (κ3) is 2.73. The number of rotatable bonds is 4. The second-order valence-corrected chi connectivity index (χ2v) is 6.60. The molecular weight excluding hydrogens is 387 g/mol. The van der Waals surface area contributed by atoms with Crippen molar-refractivity contribution in [3.05, 3.63) is 33.0 Å². The lowest BCUT2D eigenvalue weighted by Crippen LogP contribution is -2.46. The molecule has 5 heteroatoms. The van der Waals surface area contributed by atoms with Crippen LogP contribution in [0.2, 0.25) is 5.02 Å². The lowest BCUT2D eigenvalue weighted by Gasteiger charge is -2.36. The first kappa shape index (κ1) is 14.4. The summed E-state index contributed by atoms with van der Waals surface area (Å²) in [5, 5.41) is 5.12. The first-order valence-electron chi connectivity index (χ1n) is 6.81. The number of benzene rings is 1. The molecule has 3 nitrogen and oxygen atoms in total. The molecule has 1 heterocycles. The van der Waals surface area contributed by atoms with Crippen molar-refractivity contribution in [1.82, 2.24) is 10.3 Å². The minimum atomic E-state index is 0.277. The van der Waals surface area contributed by atoms with E-state index in [-0.39, 0.29) is 6.10 Å². The fourth-order valence-electron chi connectivity index (χ4n) is 2.54. The van der Waals surface area contributed by atoms with Crippen molar-refractivity contribution >= 4 is 45.1 Å². The van der Waals surface area contributed by atoms with Crippen LogP contribution in [0.5, 0.6) is 5.75 Å². The van der Waals surface area contributed by atoms with E-state index >= 15 is 0 Å². The van der Waals surface area contributed by atoms with Gasteiger partial charge in [-0.1, -0.05) is 18.5 Å². The number of aromatic nitrogens is 1. The maximum atomic E-state index is 6.27. The minimum absolute atomic E-state index is 0.277. The average Bonchev–Trinajstić information content (AvgIpc) is 2.40. The molecule has 1 aromatic carbocycles. The molecule has 3 rings (SSSR count). The van der Waals surface area contributed by atoms with Gasteiger partial charge in [0.25, 0.3) is 0 Å². The quantitative estimate of drug-likeness (QED) is 0.785. The highest BCUT2D eigenvalue weighted by atomic mass is 127. The summed E-state index contributed by atoms with van der Waals surface area (Å²) in [6, 6.07) is 6.42. The Morgan fingerprint density at radius 3 is 3.05 bits per heavy atom. The molecule has 0 atom stereocenters. The molecule has 0 amide bonds. The Bertz CT molecular complexity index is 629. The van der Waals surface area contributed by atoms with Gasteiger partial charge < -0.3 is 10.1 Å². The van der Waals surface area contributed by atoms with Crippen LogP contribution < -0.4 is 10.1 Å². The van der Waals surface area contributed by atoms with E-state index in [2.05, 4.69) is 39.8 Å². The first-order chi connectivity index (χ1) is 9.69. The SMILES string of the molecule is CCNC1CC(Oc2c(I)cc(Cl)c3cccnc23)C1. The van der Waals surface area contributed by atoms with Crippen LogP contribution in [0.25, 0.3) is 10.9 Å². The molecule has 0 bridgehead atoms. The number of halogens is 2. The smallest absolute Gasteiger partial charge is 0.159 e. The third-order valence-electron chi connectivity index (χ3n) is 3.62. The maximum Gasteiger partial charge on any atom is 0.159 e. The highest BCUT2D eigenvalue weighted by Crippen LogP contribution is 2.37. The van der Waals surface area contributed by atoms with Crippen molar-refractivity contribution in [2.45, 2.75) is 31.9 Å². The Morgan fingerprint density at radius 1 is 1.50 bits per heavy atom. The van der Waals surface area contributed by atoms with Crippen molar-refractivity contribution in [1.29, 1.82) is 0 Å². The van der Waals surface area contributed by atoms with Gasteiger partial charge in [0.2, 0.25) is 0 Å². The molecule has 2 aromatic rings. The average molecular weight is 403 g/mol. The normalized spacial score (nSPS) is 21.8. The van der Waals surface area contributed by atoms with Gasteiger partial charge in [0, 0.05) is 17.6 Å². The number of ether oxygens (including phenoxy) is 1. The zero-order valence-electron chi connectivity index (χ0n) is 11.2. The monoisotopic (exact) mass is 402 g/mol. The Hall–Kier alpha value is -0.590. The van der Waals surface area contributed by atoms with Crippen molar-refractivity contribution in [3.8, 4) is 5.75 Å². The van der Waals surface area contributed by atoms with E-state index in [1.165, 1.54) is 0 Å². The van der Waals surface area contributed by atoms with E-state index < -0.39 is 0 Å². The molecule has 1 aliphatic carbocycles. The van der Waals surface area contributed by atoms with Gasteiger partial charge in [0.1, 0.15) is 11.6 Å². The molecule has 1 aromatic heterocycles. The minimum Gasteiger partial charge on any atom is -0.487 e. The van der Waals surface area contributed by atoms with Gasteiger partial charge in [-0.05, 0) is 60.2 Å². The maximum absolute atomic E-state index is 6.27. The molecule has 106 valence electrons. The number of hydrogen-bond acceptors (Lipinski definition) is 3. The summed E-state index contributed by atoms with van der Waals surface area (Å²) >= 11 is 8.54. The van der Waals surface area contributed by atoms with Gasteiger partial charge in [-0.2, -0.15) is 0 Å². The number of fused-ring (bicyclic) bond motifs is 1. The van der Waals surface area contributed by atoms with Gasteiger partial charge in [-0.3, -0.25) is 4.98 Å². The molecule has 1 aliphatic rings. The summed E-state index contributed by atoms with van der Waals surface area (Å²) in [6.07, 6.45) is 4.17. The van der Waals surface area contributed by atoms with Gasteiger partial charge in [-0.25, -0.2) is 0 Å². The Labute approximate surface area is 137 Å². The van der Waals surface area contributed by atoms with Gasteiger partial charge in [0.05, 0.1) is 8.59 Å². The topological polar surface area (TPSA) is 34.1 Å². The van der Waals surface area contributed by atoms with Crippen LogP contribution in [-0.2, 0) is 0 Å². The Morgan fingerprint density at radius 2 is 2.30 bits per heavy atom.